The lowest BCUT2D eigenvalue weighted by Gasteiger charge is -2.27. The highest BCUT2D eigenvalue weighted by Gasteiger charge is 2.22. The van der Waals surface area contributed by atoms with Crippen molar-refractivity contribution in [3.8, 4) is 6.07 Å². The number of rotatable bonds is 3. The molecule has 0 spiro atoms. The number of amides is 1. The molecule has 4 heteroatoms. The van der Waals surface area contributed by atoms with Crippen molar-refractivity contribution >= 4 is 5.91 Å². The highest BCUT2D eigenvalue weighted by atomic mass is 16.3. The monoisotopic (exact) mass is 196 g/mol. The molecule has 1 amide bonds. The van der Waals surface area contributed by atoms with Gasteiger partial charge in [0.2, 0.25) is 5.91 Å². The van der Waals surface area contributed by atoms with Crippen LogP contribution in [0.4, 0.5) is 0 Å². The molecule has 0 bridgehead atoms. The smallest absolute Gasteiger partial charge is 0.234 e. The van der Waals surface area contributed by atoms with E-state index in [1.54, 1.807) is 6.07 Å². The SMILES string of the molecule is N#CCC(=O)NCC1CCCCC1O. The maximum atomic E-state index is 11.0. The van der Waals surface area contributed by atoms with Gasteiger partial charge in [0.25, 0.3) is 0 Å². The Balaban J connectivity index is 2.23. The summed E-state index contributed by atoms with van der Waals surface area (Å²) >= 11 is 0. The maximum Gasteiger partial charge on any atom is 0.234 e. The summed E-state index contributed by atoms with van der Waals surface area (Å²) in [6.07, 6.45) is 3.61. The Morgan fingerprint density at radius 1 is 1.50 bits per heavy atom. The van der Waals surface area contributed by atoms with Crippen molar-refractivity contribution in [1.82, 2.24) is 5.32 Å². The van der Waals surface area contributed by atoms with Crippen molar-refractivity contribution in [2.45, 2.75) is 38.2 Å². The lowest BCUT2D eigenvalue weighted by atomic mass is 9.86. The molecule has 1 saturated carbocycles. The van der Waals surface area contributed by atoms with Gasteiger partial charge in [0.15, 0.2) is 0 Å². The van der Waals surface area contributed by atoms with E-state index in [1.807, 2.05) is 0 Å². The summed E-state index contributed by atoms with van der Waals surface area (Å²) in [5.41, 5.74) is 0. The summed E-state index contributed by atoms with van der Waals surface area (Å²) in [6.45, 7) is 0.502. The van der Waals surface area contributed by atoms with Crippen LogP contribution in [0.5, 0.6) is 0 Å². The fraction of sp³-hybridized carbons (Fsp3) is 0.800. The van der Waals surface area contributed by atoms with Gasteiger partial charge in [-0.2, -0.15) is 5.26 Å². The number of nitriles is 1. The predicted molar refractivity (Wildman–Crippen MR) is 51.2 cm³/mol. The van der Waals surface area contributed by atoms with Crippen molar-refractivity contribution in [2.75, 3.05) is 6.54 Å². The molecule has 1 aliphatic carbocycles. The summed E-state index contributed by atoms with van der Waals surface area (Å²) in [5, 5.41) is 20.5. The Hall–Kier alpha value is -1.08. The van der Waals surface area contributed by atoms with Crippen LogP contribution in [0.2, 0.25) is 0 Å². The zero-order chi connectivity index (χ0) is 10.4. The van der Waals surface area contributed by atoms with Gasteiger partial charge in [-0.15, -0.1) is 0 Å². The number of aliphatic hydroxyl groups excluding tert-OH is 1. The van der Waals surface area contributed by atoms with Gasteiger partial charge in [0.1, 0.15) is 6.42 Å². The van der Waals surface area contributed by atoms with E-state index in [2.05, 4.69) is 5.32 Å². The number of carbonyl (C=O) groups is 1. The van der Waals surface area contributed by atoms with Crippen LogP contribution >= 0.6 is 0 Å². The van der Waals surface area contributed by atoms with Gasteiger partial charge in [0.05, 0.1) is 12.2 Å². The topological polar surface area (TPSA) is 73.1 Å². The van der Waals surface area contributed by atoms with Crippen molar-refractivity contribution in [2.24, 2.45) is 5.92 Å². The van der Waals surface area contributed by atoms with Crippen LogP contribution in [0, 0.1) is 17.2 Å². The van der Waals surface area contributed by atoms with Crippen LogP contribution in [0.25, 0.3) is 0 Å². The molecule has 1 rings (SSSR count). The van der Waals surface area contributed by atoms with Crippen molar-refractivity contribution in [3.63, 3.8) is 0 Å². The second-order valence-corrected chi connectivity index (χ2v) is 3.75. The van der Waals surface area contributed by atoms with Crippen molar-refractivity contribution in [3.05, 3.63) is 0 Å². The summed E-state index contributed by atoms with van der Waals surface area (Å²) in [7, 11) is 0. The van der Waals surface area contributed by atoms with Gasteiger partial charge in [-0.1, -0.05) is 12.8 Å². The van der Waals surface area contributed by atoms with Gasteiger partial charge < -0.3 is 10.4 Å². The largest absolute Gasteiger partial charge is 0.393 e. The maximum absolute atomic E-state index is 11.0. The van der Waals surface area contributed by atoms with Crippen LogP contribution in [0.3, 0.4) is 0 Å². The Bertz CT molecular complexity index is 235. The first-order valence-electron chi connectivity index (χ1n) is 5.05. The van der Waals surface area contributed by atoms with Crippen LogP contribution < -0.4 is 5.32 Å². The average molecular weight is 196 g/mol. The third-order valence-corrected chi connectivity index (χ3v) is 2.67. The van der Waals surface area contributed by atoms with E-state index >= 15 is 0 Å². The van der Waals surface area contributed by atoms with E-state index in [1.165, 1.54) is 0 Å². The van der Waals surface area contributed by atoms with Crippen LogP contribution in [0.1, 0.15) is 32.1 Å². The van der Waals surface area contributed by atoms with Crippen molar-refractivity contribution < 1.29 is 9.90 Å². The minimum Gasteiger partial charge on any atom is -0.393 e. The van der Waals surface area contributed by atoms with E-state index in [0.29, 0.717) is 6.54 Å². The molecule has 1 aliphatic rings. The molecule has 0 aromatic heterocycles. The first-order chi connectivity index (χ1) is 6.74. The Morgan fingerprint density at radius 3 is 2.86 bits per heavy atom. The second kappa shape index (κ2) is 5.61. The minimum absolute atomic E-state index is 0.0944. The summed E-state index contributed by atoms with van der Waals surface area (Å²) in [5.74, 6) is -0.0725. The second-order valence-electron chi connectivity index (χ2n) is 3.75. The number of aliphatic hydroxyl groups is 1. The summed E-state index contributed by atoms with van der Waals surface area (Å²) in [6, 6.07) is 1.79. The molecule has 0 aromatic rings. The third-order valence-electron chi connectivity index (χ3n) is 2.67. The Morgan fingerprint density at radius 2 is 2.21 bits per heavy atom. The number of hydrogen-bond donors (Lipinski definition) is 2. The van der Waals surface area contributed by atoms with E-state index in [0.717, 1.165) is 25.7 Å². The molecule has 0 radical (unpaired) electrons. The van der Waals surface area contributed by atoms with Gasteiger partial charge in [-0.3, -0.25) is 4.79 Å². The average Bonchev–Trinajstić information content (AvgIpc) is 2.17. The summed E-state index contributed by atoms with van der Waals surface area (Å²) in [4.78, 5) is 11.0. The molecule has 2 unspecified atom stereocenters. The first kappa shape index (κ1) is 11.0. The molecule has 0 aromatic carbocycles. The molecular weight excluding hydrogens is 180 g/mol. The number of carbonyl (C=O) groups excluding carboxylic acids is 1. The number of hydrogen-bond acceptors (Lipinski definition) is 3. The van der Waals surface area contributed by atoms with Crippen LogP contribution in [-0.2, 0) is 4.79 Å². The zero-order valence-corrected chi connectivity index (χ0v) is 8.20. The molecule has 14 heavy (non-hydrogen) atoms. The van der Waals surface area contributed by atoms with Gasteiger partial charge in [0, 0.05) is 12.5 Å². The lowest BCUT2D eigenvalue weighted by Crippen LogP contribution is -2.36. The molecule has 0 aliphatic heterocycles. The molecular formula is C10H16N2O2. The van der Waals surface area contributed by atoms with Crippen molar-refractivity contribution in [1.29, 1.82) is 5.26 Å². The molecule has 78 valence electrons. The quantitative estimate of drug-likeness (QED) is 0.693. The molecule has 2 atom stereocenters. The van der Waals surface area contributed by atoms with Crippen LogP contribution in [0.15, 0.2) is 0 Å². The Labute approximate surface area is 83.9 Å². The first-order valence-corrected chi connectivity index (χ1v) is 5.05. The minimum atomic E-state index is -0.286. The molecule has 2 N–H and O–H groups in total. The van der Waals surface area contributed by atoms with E-state index < -0.39 is 0 Å². The number of nitrogens with one attached hydrogen (secondary N) is 1. The highest BCUT2D eigenvalue weighted by molar-refractivity contribution is 5.77. The summed E-state index contributed by atoms with van der Waals surface area (Å²) < 4.78 is 0. The fourth-order valence-electron chi connectivity index (χ4n) is 1.81. The van der Waals surface area contributed by atoms with Gasteiger partial charge in [-0.05, 0) is 12.8 Å². The van der Waals surface area contributed by atoms with Gasteiger partial charge >= 0.3 is 0 Å². The molecule has 1 fully saturated rings. The Kier molecular flexibility index (Phi) is 4.41. The highest BCUT2D eigenvalue weighted by Crippen LogP contribution is 2.23. The lowest BCUT2D eigenvalue weighted by molar-refractivity contribution is -0.120. The number of nitrogens with zero attached hydrogens (tertiary/aromatic N) is 1. The van der Waals surface area contributed by atoms with E-state index in [4.69, 9.17) is 5.26 Å². The van der Waals surface area contributed by atoms with E-state index in [-0.39, 0.29) is 24.3 Å². The molecule has 4 nitrogen and oxygen atoms in total. The van der Waals surface area contributed by atoms with Gasteiger partial charge in [-0.25, -0.2) is 0 Å². The predicted octanol–water partition coefficient (Wildman–Crippen LogP) is 0.567. The third kappa shape index (κ3) is 3.35. The fourth-order valence-corrected chi connectivity index (χ4v) is 1.81. The van der Waals surface area contributed by atoms with E-state index in [9.17, 15) is 9.90 Å². The zero-order valence-electron chi connectivity index (χ0n) is 8.20. The standard InChI is InChI=1S/C10H16N2O2/c11-6-5-10(14)12-7-8-3-1-2-4-9(8)13/h8-9,13H,1-5,7H2,(H,12,14). The van der Waals surface area contributed by atoms with Crippen LogP contribution in [-0.4, -0.2) is 23.7 Å². The molecule has 0 heterocycles. The molecule has 0 saturated heterocycles. The normalized spacial score (nSPS) is 26.6.